The third-order valence-electron chi connectivity index (χ3n) is 1.28. The van der Waals surface area contributed by atoms with Crippen LogP contribution in [-0.2, 0) is 17.7 Å². The second-order valence-electron chi connectivity index (χ2n) is 2.23. The van der Waals surface area contributed by atoms with Crippen molar-refractivity contribution in [3.63, 3.8) is 0 Å². The van der Waals surface area contributed by atoms with Gasteiger partial charge in [-0.3, -0.25) is 0 Å². The Morgan fingerprint density at radius 1 is 0.500 bits per heavy atom. The fourth-order valence-corrected chi connectivity index (χ4v) is 2.87. The number of hydrogen-bond acceptors (Lipinski definition) is 4. The van der Waals surface area contributed by atoms with E-state index in [0.717, 1.165) is 0 Å². The SMILES string of the molecule is C.C.C.C.C.CCO[Si](OCC)(OCC)OCC. The molecule has 18 heavy (non-hydrogen) atoms. The fraction of sp³-hybridized carbons (Fsp3) is 1.00. The van der Waals surface area contributed by atoms with Crippen LogP contribution in [-0.4, -0.2) is 35.5 Å². The first-order valence-electron chi connectivity index (χ1n) is 4.80. The average Bonchev–Trinajstić information content (AvgIpc) is 2.06. The summed E-state index contributed by atoms with van der Waals surface area (Å²) >= 11 is 0. The van der Waals surface area contributed by atoms with E-state index >= 15 is 0 Å². The van der Waals surface area contributed by atoms with Gasteiger partial charge in [-0.1, -0.05) is 37.1 Å². The van der Waals surface area contributed by atoms with Gasteiger partial charge in [0.2, 0.25) is 0 Å². The molecule has 0 radical (unpaired) electrons. The zero-order chi connectivity index (χ0) is 10.2. The summed E-state index contributed by atoms with van der Waals surface area (Å²) in [6.45, 7) is 9.80. The highest BCUT2D eigenvalue weighted by Gasteiger charge is 2.44. The van der Waals surface area contributed by atoms with Crippen LogP contribution in [0.3, 0.4) is 0 Å². The molecule has 0 spiro atoms. The molecule has 0 heterocycles. The largest absolute Gasteiger partial charge is 0.679 e. The highest BCUT2D eigenvalue weighted by Crippen LogP contribution is 2.11. The molecule has 0 aromatic carbocycles. The molecule has 0 amide bonds. The van der Waals surface area contributed by atoms with Gasteiger partial charge in [0, 0.05) is 26.4 Å². The fourth-order valence-electron chi connectivity index (χ4n) is 0.957. The maximum Gasteiger partial charge on any atom is 0.679 e. The van der Waals surface area contributed by atoms with Gasteiger partial charge in [-0.25, -0.2) is 0 Å². The summed E-state index contributed by atoms with van der Waals surface area (Å²) < 4.78 is 21.7. The summed E-state index contributed by atoms with van der Waals surface area (Å²) in [5.74, 6) is 0. The highest BCUT2D eigenvalue weighted by atomic mass is 28.4. The molecular formula is C13H40O4Si. The lowest BCUT2D eigenvalue weighted by atomic mass is 10.9. The highest BCUT2D eigenvalue weighted by molar-refractivity contribution is 6.53. The second kappa shape index (κ2) is 22.3. The predicted octanol–water partition coefficient (Wildman–Crippen LogP) is 4.75. The molecule has 0 aliphatic carbocycles. The summed E-state index contributed by atoms with van der Waals surface area (Å²) in [6.07, 6.45) is 0. The minimum absolute atomic E-state index is 0. The molecule has 0 aromatic rings. The normalized spacial score (nSPS) is 8.67. The Hall–Kier alpha value is 0.0569. The van der Waals surface area contributed by atoms with Crippen LogP contribution in [0, 0.1) is 0 Å². The molecule has 0 unspecified atom stereocenters. The Morgan fingerprint density at radius 2 is 0.667 bits per heavy atom. The predicted molar refractivity (Wildman–Crippen MR) is 85.9 cm³/mol. The van der Waals surface area contributed by atoms with Crippen molar-refractivity contribution in [2.75, 3.05) is 26.4 Å². The third kappa shape index (κ3) is 14.1. The topological polar surface area (TPSA) is 36.9 Å². The van der Waals surface area contributed by atoms with Crippen molar-refractivity contribution in [3.05, 3.63) is 0 Å². The van der Waals surface area contributed by atoms with Crippen LogP contribution in [0.2, 0.25) is 0 Å². The van der Waals surface area contributed by atoms with Crippen molar-refractivity contribution < 1.29 is 17.7 Å². The van der Waals surface area contributed by atoms with Gasteiger partial charge >= 0.3 is 9.05 Å². The Bertz CT molecular complexity index is 94.0. The van der Waals surface area contributed by atoms with E-state index in [0.29, 0.717) is 26.4 Å². The van der Waals surface area contributed by atoms with E-state index in [4.69, 9.17) is 17.7 Å². The quantitative estimate of drug-likeness (QED) is 0.604. The summed E-state index contributed by atoms with van der Waals surface area (Å²) in [5, 5.41) is 0. The second-order valence-corrected chi connectivity index (χ2v) is 4.39. The van der Waals surface area contributed by atoms with Crippen LogP contribution >= 0.6 is 0 Å². The molecule has 0 bridgehead atoms. The standard InChI is InChI=1S/C8H20O4Si.5CH4/c1-5-9-13(10-6-2,11-7-3)12-8-4;;;;;/h5-8H2,1-4H3;5*1H4. The van der Waals surface area contributed by atoms with Gasteiger partial charge in [-0.15, -0.1) is 0 Å². The molecule has 0 aliphatic rings. The van der Waals surface area contributed by atoms with Gasteiger partial charge in [0.1, 0.15) is 0 Å². The van der Waals surface area contributed by atoms with Gasteiger partial charge in [0.05, 0.1) is 0 Å². The molecule has 0 fully saturated rings. The molecule has 120 valence electrons. The third-order valence-corrected chi connectivity index (χ3v) is 3.85. The monoisotopic (exact) mass is 288 g/mol. The van der Waals surface area contributed by atoms with E-state index in [2.05, 4.69) is 0 Å². The van der Waals surface area contributed by atoms with Gasteiger partial charge in [0.15, 0.2) is 0 Å². The lowest BCUT2D eigenvalue weighted by Crippen LogP contribution is -2.49. The summed E-state index contributed by atoms with van der Waals surface area (Å²) in [6, 6.07) is 0. The summed E-state index contributed by atoms with van der Waals surface area (Å²) in [4.78, 5) is 0. The molecule has 0 saturated carbocycles. The van der Waals surface area contributed by atoms with E-state index in [9.17, 15) is 0 Å². The first-order valence-corrected chi connectivity index (χ1v) is 6.43. The van der Waals surface area contributed by atoms with Crippen molar-refractivity contribution in [1.82, 2.24) is 0 Å². The van der Waals surface area contributed by atoms with Crippen molar-refractivity contribution in [2.45, 2.75) is 64.8 Å². The van der Waals surface area contributed by atoms with Crippen LogP contribution in [0.15, 0.2) is 0 Å². The summed E-state index contributed by atoms with van der Waals surface area (Å²) in [5.41, 5.74) is 0. The van der Waals surface area contributed by atoms with E-state index in [1.54, 1.807) is 0 Å². The molecule has 0 aliphatic heterocycles. The first kappa shape index (κ1) is 36.1. The Morgan fingerprint density at radius 3 is 0.778 bits per heavy atom. The molecule has 0 saturated heterocycles. The van der Waals surface area contributed by atoms with Crippen LogP contribution < -0.4 is 0 Å². The van der Waals surface area contributed by atoms with Crippen LogP contribution in [0.5, 0.6) is 0 Å². The van der Waals surface area contributed by atoms with Crippen LogP contribution in [0.4, 0.5) is 0 Å². The van der Waals surface area contributed by atoms with Crippen molar-refractivity contribution >= 4 is 9.05 Å². The van der Waals surface area contributed by atoms with Crippen LogP contribution in [0.25, 0.3) is 0 Å². The number of rotatable bonds is 8. The molecule has 0 N–H and O–H groups in total. The van der Waals surface area contributed by atoms with Gasteiger partial charge in [0.25, 0.3) is 0 Å². The van der Waals surface area contributed by atoms with Gasteiger partial charge in [-0.2, -0.15) is 0 Å². The maximum absolute atomic E-state index is 5.42. The first-order chi connectivity index (χ1) is 6.24. The lowest BCUT2D eigenvalue weighted by Gasteiger charge is -2.26. The lowest BCUT2D eigenvalue weighted by molar-refractivity contribution is -0.0247. The van der Waals surface area contributed by atoms with Gasteiger partial charge < -0.3 is 17.7 Å². The molecule has 0 atom stereocenters. The zero-order valence-electron chi connectivity index (χ0n) is 8.96. The minimum Gasteiger partial charge on any atom is -0.351 e. The molecular weight excluding hydrogens is 248 g/mol. The van der Waals surface area contributed by atoms with Crippen molar-refractivity contribution in [3.8, 4) is 0 Å². The van der Waals surface area contributed by atoms with Crippen molar-refractivity contribution in [1.29, 1.82) is 0 Å². The van der Waals surface area contributed by atoms with Crippen LogP contribution in [0.1, 0.15) is 64.8 Å². The van der Waals surface area contributed by atoms with E-state index < -0.39 is 9.05 Å². The van der Waals surface area contributed by atoms with E-state index in [1.165, 1.54) is 0 Å². The molecule has 0 aromatic heterocycles. The molecule has 5 heteroatoms. The summed E-state index contributed by atoms with van der Waals surface area (Å²) in [7, 11) is -2.80. The molecule has 4 nitrogen and oxygen atoms in total. The van der Waals surface area contributed by atoms with E-state index in [1.807, 2.05) is 27.7 Å². The average molecular weight is 289 g/mol. The number of hydrogen-bond donors (Lipinski definition) is 0. The van der Waals surface area contributed by atoms with Crippen molar-refractivity contribution in [2.24, 2.45) is 0 Å². The minimum atomic E-state index is -2.80. The van der Waals surface area contributed by atoms with Gasteiger partial charge in [-0.05, 0) is 27.7 Å². The molecule has 0 rings (SSSR count). The van der Waals surface area contributed by atoms with E-state index in [-0.39, 0.29) is 37.1 Å². The maximum atomic E-state index is 5.42. The Balaban J connectivity index is -0.0000000720. The smallest absolute Gasteiger partial charge is 0.351 e. The Kier molecular flexibility index (Phi) is 44.7. The Labute approximate surface area is 118 Å². The zero-order valence-corrected chi connectivity index (χ0v) is 9.96.